The average Bonchev–Trinajstić information content (AvgIpc) is 1.95. The second-order valence-electron chi connectivity index (χ2n) is 1.18. The van der Waals surface area contributed by atoms with Gasteiger partial charge in [-0.15, -0.1) is 0 Å². The Hall–Kier alpha value is -0.240. The number of nitrogens with zero attached hydrogens (tertiary/aromatic N) is 1. The van der Waals surface area contributed by atoms with E-state index in [-0.39, 0.29) is 5.48 Å². The second kappa shape index (κ2) is 5.54. The Labute approximate surface area is 59.6 Å². The lowest BCUT2D eigenvalue weighted by molar-refractivity contribution is -1.47. The molecular formula is C4H14NO5+. The summed E-state index contributed by atoms with van der Waals surface area (Å²) in [4.78, 5) is 18.6. The molecule has 0 atom stereocenters. The van der Waals surface area contributed by atoms with Crippen molar-refractivity contribution in [3.63, 3.8) is 0 Å². The first-order valence-corrected chi connectivity index (χ1v) is 2.36. The summed E-state index contributed by atoms with van der Waals surface area (Å²) in [6, 6.07) is 0. The Bertz CT molecular complexity index is 56.5. The van der Waals surface area contributed by atoms with Gasteiger partial charge >= 0.3 is 0 Å². The molecule has 0 saturated heterocycles. The number of hydrogen-bond acceptors (Lipinski definition) is 4. The third kappa shape index (κ3) is 2.56. The Kier molecular flexibility index (Phi) is 6.89. The van der Waals surface area contributed by atoms with Crippen LogP contribution in [0.25, 0.3) is 0 Å². The van der Waals surface area contributed by atoms with E-state index in [1.807, 2.05) is 0 Å². The molecular weight excluding hydrogens is 142 g/mol. The van der Waals surface area contributed by atoms with E-state index in [1.54, 1.807) is 0 Å². The van der Waals surface area contributed by atoms with Gasteiger partial charge in [0, 0.05) is 0 Å². The van der Waals surface area contributed by atoms with Crippen molar-refractivity contribution in [2.45, 2.75) is 0 Å². The van der Waals surface area contributed by atoms with E-state index in [1.165, 1.54) is 28.4 Å². The van der Waals surface area contributed by atoms with Gasteiger partial charge in [0.05, 0.1) is 0 Å². The highest BCUT2D eigenvalue weighted by Crippen LogP contribution is 2.05. The Morgan fingerprint density at radius 2 is 0.900 bits per heavy atom. The molecule has 6 nitrogen and oxygen atoms in total. The van der Waals surface area contributed by atoms with Gasteiger partial charge in [-0.25, -0.2) is 0 Å². The molecule has 0 aliphatic heterocycles. The minimum absolute atomic E-state index is 0. The maximum atomic E-state index is 4.66. The van der Waals surface area contributed by atoms with Crippen LogP contribution in [0.15, 0.2) is 0 Å². The first-order valence-electron chi connectivity index (χ1n) is 2.36. The highest BCUT2D eigenvalue weighted by Gasteiger charge is 2.31. The summed E-state index contributed by atoms with van der Waals surface area (Å²) in [6.45, 7) is 0. The smallest absolute Gasteiger partial charge is 0.246 e. The fraction of sp³-hybridized carbons (Fsp3) is 1.00. The normalized spacial score (nSPS) is 10.8. The molecule has 0 unspecified atom stereocenters. The molecule has 0 fully saturated rings. The van der Waals surface area contributed by atoms with Crippen LogP contribution < -0.4 is 0 Å². The van der Waals surface area contributed by atoms with E-state index in [2.05, 4.69) is 19.4 Å². The number of rotatable bonds is 4. The summed E-state index contributed by atoms with van der Waals surface area (Å²) in [5, 5.41) is -0.722. The summed E-state index contributed by atoms with van der Waals surface area (Å²) in [6.07, 6.45) is 0. The fourth-order valence-electron chi connectivity index (χ4n) is 0.447. The summed E-state index contributed by atoms with van der Waals surface area (Å²) in [7, 11) is 5.60. The summed E-state index contributed by atoms with van der Waals surface area (Å²) in [5.41, 5.74) is 0. The molecule has 0 rings (SSSR count). The molecule has 0 aromatic heterocycles. The van der Waals surface area contributed by atoms with E-state index in [0.717, 1.165) is 0 Å². The van der Waals surface area contributed by atoms with Crippen molar-refractivity contribution in [3.05, 3.63) is 0 Å². The quantitative estimate of drug-likeness (QED) is 0.395. The van der Waals surface area contributed by atoms with Gasteiger partial charge in [0.1, 0.15) is 28.4 Å². The van der Waals surface area contributed by atoms with Gasteiger partial charge in [-0.3, -0.25) is 0 Å². The predicted octanol–water partition coefficient (Wildman–Crippen LogP) is -0.776. The molecule has 0 amide bonds. The molecule has 0 spiro atoms. The average molecular weight is 156 g/mol. The Morgan fingerprint density at radius 1 is 0.700 bits per heavy atom. The van der Waals surface area contributed by atoms with Crippen molar-refractivity contribution in [3.8, 4) is 0 Å². The molecule has 0 radical (unpaired) electrons. The van der Waals surface area contributed by atoms with E-state index in [0.29, 0.717) is 0 Å². The molecule has 2 N–H and O–H groups in total. The van der Waals surface area contributed by atoms with Crippen molar-refractivity contribution < 1.29 is 30.0 Å². The van der Waals surface area contributed by atoms with E-state index in [4.69, 9.17) is 0 Å². The van der Waals surface area contributed by atoms with Crippen LogP contribution in [0.2, 0.25) is 0 Å². The number of quaternary nitrogens is 1. The summed E-state index contributed by atoms with van der Waals surface area (Å²) >= 11 is 0. The molecule has 64 valence electrons. The van der Waals surface area contributed by atoms with Crippen LogP contribution in [0.5, 0.6) is 0 Å². The molecule has 0 saturated carbocycles. The van der Waals surface area contributed by atoms with Gasteiger partial charge in [-0.2, -0.15) is 0 Å². The maximum absolute atomic E-state index is 4.66. The summed E-state index contributed by atoms with van der Waals surface area (Å²) in [5.74, 6) is 0. The van der Waals surface area contributed by atoms with Crippen molar-refractivity contribution >= 4 is 0 Å². The highest BCUT2D eigenvalue weighted by molar-refractivity contribution is 3.56. The third-order valence-corrected chi connectivity index (χ3v) is 0.894. The molecule has 10 heavy (non-hydrogen) atoms. The largest absolute Gasteiger partial charge is 0.412 e. The standard InChI is InChI=1S/C4H12NO4.H2O/c1-6-5(7-2,8-3)9-4;/h1-4H3;1H2/q+1;. The minimum atomic E-state index is -0.722. The molecule has 0 heterocycles. The Balaban J connectivity index is 0. The van der Waals surface area contributed by atoms with Crippen molar-refractivity contribution in [1.82, 2.24) is 0 Å². The van der Waals surface area contributed by atoms with Crippen molar-refractivity contribution in [2.24, 2.45) is 0 Å². The van der Waals surface area contributed by atoms with Gasteiger partial charge in [0.25, 0.3) is 0 Å². The maximum Gasteiger partial charge on any atom is 0.246 e. The van der Waals surface area contributed by atoms with Crippen LogP contribution in [-0.2, 0) is 19.4 Å². The van der Waals surface area contributed by atoms with E-state index >= 15 is 0 Å². The number of hydrogen-bond donors (Lipinski definition) is 0. The zero-order valence-electron chi connectivity index (χ0n) is 6.58. The van der Waals surface area contributed by atoms with E-state index < -0.39 is 5.14 Å². The van der Waals surface area contributed by atoms with Crippen LogP contribution >= 0.6 is 0 Å². The van der Waals surface area contributed by atoms with Crippen molar-refractivity contribution in [1.29, 1.82) is 0 Å². The monoisotopic (exact) mass is 156 g/mol. The lowest BCUT2D eigenvalue weighted by Gasteiger charge is -2.18. The SMILES string of the molecule is CO[N+](OC)(OC)OC.O. The molecule has 0 aromatic carbocycles. The third-order valence-electron chi connectivity index (χ3n) is 0.894. The Morgan fingerprint density at radius 3 is 0.900 bits per heavy atom. The lowest BCUT2D eigenvalue weighted by atomic mass is 11.6. The minimum Gasteiger partial charge on any atom is -0.412 e. The molecule has 6 heteroatoms. The first-order chi connectivity index (χ1) is 4.24. The second-order valence-corrected chi connectivity index (χ2v) is 1.18. The molecule has 0 bridgehead atoms. The van der Waals surface area contributed by atoms with Gasteiger partial charge in [-0.1, -0.05) is 19.4 Å². The molecule has 0 aliphatic carbocycles. The molecule has 0 aromatic rings. The van der Waals surface area contributed by atoms with Crippen LogP contribution in [-0.4, -0.2) is 39.1 Å². The van der Waals surface area contributed by atoms with Crippen LogP contribution in [0.4, 0.5) is 0 Å². The summed E-state index contributed by atoms with van der Waals surface area (Å²) < 4.78 is 0. The topological polar surface area (TPSA) is 68.4 Å². The lowest BCUT2D eigenvalue weighted by Crippen LogP contribution is -2.43. The highest BCUT2D eigenvalue weighted by atomic mass is 17.4. The first kappa shape index (κ1) is 12.4. The zero-order chi connectivity index (χ0) is 7.33. The van der Waals surface area contributed by atoms with Crippen LogP contribution in [0, 0.1) is 0 Å². The van der Waals surface area contributed by atoms with Gasteiger partial charge < -0.3 is 5.48 Å². The van der Waals surface area contributed by atoms with Crippen LogP contribution in [0.3, 0.4) is 0 Å². The van der Waals surface area contributed by atoms with Gasteiger partial charge in [-0.05, 0) is 0 Å². The van der Waals surface area contributed by atoms with E-state index in [9.17, 15) is 0 Å². The molecule has 0 aliphatic rings. The predicted molar refractivity (Wildman–Crippen MR) is 31.9 cm³/mol. The van der Waals surface area contributed by atoms with Gasteiger partial charge in [0.2, 0.25) is 5.14 Å². The fourth-order valence-corrected chi connectivity index (χ4v) is 0.447. The van der Waals surface area contributed by atoms with Gasteiger partial charge in [0.15, 0.2) is 0 Å². The zero-order valence-corrected chi connectivity index (χ0v) is 6.58. The van der Waals surface area contributed by atoms with Crippen LogP contribution in [0.1, 0.15) is 0 Å². The van der Waals surface area contributed by atoms with Crippen molar-refractivity contribution in [2.75, 3.05) is 28.4 Å².